The average molecular weight is 411 g/mol. The van der Waals surface area contributed by atoms with Gasteiger partial charge in [0.1, 0.15) is 4.21 Å². The second-order valence-corrected chi connectivity index (χ2v) is 10.2. The number of sulfonamides is 1. The van der Waals surface area contributed by atoms with E-state index in [4.69, 9.17) is 0 Å². The third-order valence-electron chi connectivity index (χ3n) is 4.35. The van der Waals surface area contributed by atoms with Crippen LogP contribution in [0, 0.1) is 0 Å². The molecule has 1 N–H and O–H groups in total. The predicted molar refractivity (Wildman–Crippen MR) is 107 cm³/mol. The van der Waals surface area contributed by atoms with Crippen LogP contribution in [0.2, 0.25) is 0 Å². The van der Waals surface area contributed by atoms with Crippen molar-refractivity contribution >= 4 is 44.7 Å². The Kier molecular flexibility index (Phi) is 6.63. The SMILES string of the molecule is O=C(/C=C/c1cccs1)NCCC1CCCCN1S(=O)(=O)c1cccs1. The molecular formula is C18H22N2O3S3. The maximum Gasteiger partial charge on any atom is 0.252 e. The standard InChI is InChI=1S/C18H22N2O3S3/c21-17(9-8-16-6-3-13-24-16)19-11-10-15-5-1-2-12-20(15)26(22,23)18-7-4-14-25-18/h3-4,6-9,13-15H,1-2,5,10-12H2,(H,19,21)/b9-8+. The van der Waals surface area contributed by atoms with Crippen LogP contribution in [-0.4, -0.2) is 37.8 Å². The minimum absolute atomic E-state index is 0.0579. The highest BCUT2D eigenvalue weighted by Crippen LogP contribution is 2.29. The van der Waals surface area contributed by atoms with Crippen molar-refractivity contribution in [2.45, 2.75) is 35.9 Å². The molecule has 140 valence electrons. The molecule has 3 heterocycles. The summed E-state index contributed by atoms with van der Waals surface area (Å²) >= 11 is 2.83. The predicted octanol–water partition coefficient (Wildman–Crippen LogP) is 3.57. The summed E-state index contributed by atoms with van der Waals surface area (Å²) in [5, 5.41) is 6.60. The molecular weight excluding hydrogens is 388 g/mol. The molecule has 0 aromatic carbocycles. The highest BCUT2D eigenvalue weighted by Gasteiger charge is 2.33. The average Bonchev–Trinajstić information content (AvgIpc) is 3.34. The van der Waals surface area contributed by atoms with Gasteiger partial charge in [0.25, 0.3) is 10.0 Å². The smallest absolute Gasteiger partial charge is 0.252 e. The first-order valence-corrected chi connectivity index (χ1v) is 11.8. The van der Waals surface area contributed by atoms with E-state index in [-0.39, 0.29) is 11.9 Å². The molecule has 1 fully saturated rings. The Morgan fingerprint density at radius 2 is 2.04 bits per heavy atom. The molecule has 1 aliphatic rings. The first-order valence-electron chi connectivity index (χ1n) is 8.62. The molecule has 0 aliphatic carbocycles. The van der Waals surface area contributed by atoms with E-state index in [1.165, 1.54) is 17.4 Å². The number of nitrogens with zero attached hydrogens (tertiary/aromatic N) is 1. The Morgan fingerprint density at radius 3 is 2.77 bits per heavy atom. The molecule has 3 rings (SSSR count). The summed E-state index contributed by atoms with van der Waals surface area (Å²) in [5.74, 6) is -0.151. The van der Waals surface area contributed by atoms with E-state index < -0.39 is 10.0 Å². The summed E-state index contributed by atoms with van der Waals surface area (Å²) in [7, 11) is -3.43. The second-order valence-electron chi connectivity index (χ2n) is 6.13. The van der Waals surface area contributed by atoms with Gasteiger partial charge in [-0.2, -0.15) is 4.31 Å². The molecule has 1 aliphatic heterocycles. The topological polar surface area (TPSA) is 66.5 Å². The second kappa shape index (κ2) is 8.94. The lowest BCUT2D eigenvalue weighted by Gasteiger charge is -2.34. The Labute approximate surface area is 162 Å². The van der Waals surface area contributed by atoms with Crippen molar-refractivity contribution in [2.75, 3.05) is 13.1 Å². The largest absolute Gasteiger partial charge is 0.352 e. The van der Waals surface area contributed by atoms with Crippen molar-refractivity contribution in [3.63, 3.8) is 0 Å². The number of nitrogens with one attached hydrogen (secondary N) is 1. The highest BCUT2D eigenvalue weighted by molar-refractivity contribution is 7.91. The van der Waals surface area contributed by atoms with E-state index in [0.717, 1.165) is 24.1 Å². The zero-order valence-corrected chi connectivity index (χ0v) is 16.8. The molecule has 0 spiro atoms. The summed E-state index contributed by atoms with van der Waals surface area (Å²) < 4.78 is 27.7. The molecule has 2 aromatic rings. The Hall–Kier alpha value is -1.48. The molecule has 5 nitrogen and oxygen atoms in total. The van der Waals surface area contributed by atoms with Crippen molar-refractivity contribution in [1.29, 1.82) is 0 Å². The van der Waals surface area contributed by atoms with Crippen molar-refractivity contribution < 1.29 is 13.2 Å². The van der Waals surface area contributed by atoms with Gasteiger partial charge in [0.05, 0.1) is 0 Å². The van der Waals surface area contributed by atoms with Crippen LogP contribution in [-0.2, 0) is 14.8 Å². The fraction of sp³-hybridized carbons (Fsp3) is 0.389. The van der Waals surface area contributed by atoms with E-state index in [1.54, 1.807) is 39.2 Å². The van der Waals surface area contributed by atoms with Crippen LogP contribution in [0.25, 0.3) is 6.08 Å². The van der Waals surface area contributed by atoms with Crippen molar-refractivity contribution in [2.24, 2.45) is 0 Å². The molecule has 1 atom stereocenters. The summed E-state index contributed by atoms with van der Waals surface area (Å²) in [6.07, 6.45) is 6.68. The van der Waals surface area contributed by atoms with Crippen molar-refractivity contribution in [1.82, 2.24) is 9.62 Å². The minimum Gasteiger partial charge on any atom is -0.352 e. The monoisotopic (exact) mass is 410 g/mol. The van der Waals surface area contributed by atoms with Crippen LogP contribution >= 0.6 is 22.7 Å². The Morgan fingerprint density at radius 1 is 1.23 bits per heavy atom. The molecule has 26 heavy (non-hydrogen) atoms. The van der Waals surface area contributed by atoms with Crippen molar-refractivity contribution in [3.05, 3.63) is 46.0 Å². The Bertz CT molecular complexity index is 827. The van der Waals surface area contributed by atoms with E-state index in [2.05, 4.69) is 5.32 Å². The Balaban J connectivity index is 1.55. The zero-order valence-electron chi connectivity index (χ0n) is 14.3. The van der Waals surface area contributed by atoms with Gasteiger partial charge in [-0.25, -0.2) is 8.42 Å². The van der Waals surface area contributed by atoms with Crippen LogP contribution in [0.3, 0.4) is 0 Å². The van der Waals surface area contributed by atoms with E-state index in [9.17, 15) is 13.2 Å². The number of amides is 1. The number of hydrogen-bond donors (Lipinski definition) is 1. The van der Waals surface area contributed by atoms with Gasteiger partial charge in [0.15, 0.2) is 0 Å². The van der Waals surface area contributed by atoms with Gasteiger partial charge in [0.2, 0.25) is 5.91 Å². The van der Waals surface area contributed by atoms with Crippen LogP contribution in [0.5, 0.6) is 0 Å². The zero-order chi connectivity index (χ0) is 18.4. The molecule has 0 saturated carbocycles. The van der Waals surface area contributed by atoms with Gasteiger partial charge in [-0.15, -0.1) is 22.7 Å². The van der Waals surface area contributed by atoms with Gasteiger partial charge in [-0.05, 0) is 48.2 Å². The molecule has 2 aromatic heterocycles. The third-order valence-corrected chi connectivity index (χ3v) is 8.51. The molecule has 1 amide bonds. The first-order chi connectivity index (χ1) is 12.6. The maximum absolute atomic E-state index is 12.8. The quantitative estimate of drug-likeness (QED) is 0.710. The fourth-order valence-corrected chi connectivity index (χ4v) is 6.53. The van der Waals surface area contributed by atoms with E-state index in [0.29, 0.717) is 23.7 Å². The lowest BCUT2D eigenvalue weighted by Crippen LogP contribution is -2.44. The molecule has 1 unspecified atom stereocenters. The van der Waals surface area contributed by atoms with Crippen LogP contribution in [0.4, 0.5) is 0 Å². The van der Waals surface area contributed by atoms with Crippen molar-refractivity contribution in [3.8, 4) is 0 Å². The lowest BCUT2D eigenvalue weighted by molar-refractivity contribution is -0.116. The normalized spacial score (nSPS) is 19.0. The first kappa shape index (κ1) is 19.3. The van der Waals surface area contributed by atoms with Gasteiger partial charge in [-0.3, -0.25) is 4.79 Å². The van der Waals surface area contributed by atoms with Crippen LogP contribution < -0.4 is 5.32 Å². The number of thiophene rings is 2. The third kappa shape index (κ3) is 4.82. The maximum atomic E-state index is 12.8. The summed E-state index contributed by atoms with van der Waals surface area (Å²) in [5.41, 5.74) is 0. The summed E-state index contributed by atoms with van der Waals surface area (Å²) in [6.45, 7) is 1.02. The molecule has 8 heteroatoms. The van der Waals surface area contributed by atoms with Gasteiger partial charge in [0, 0.05) is 30.1 Å². The molecule has 1 saturated heterocycles. The van der Waals surface area contributed by atoms with Crippen LogP contribution in [0.15, 0.2) is 45.3 Å². The van der Waals surface area contributed by atoms with Gasteiger partial charge >= 0.3 is 0 Å². The van der Waals surface area contributed by atoms with Gasteiger partial charge < -0.3 is 5.32 Å². The number of rotatable bonds is 7. The number of hydrogen-bond acceptors (Lipinski definition) is 5. The lowest BCUT2D eigenvalue weighted by atomic mass is 10.0. The fourth-order valence-electron chi connectivity index (χ4n) is 3.07. The number of carbonyl (C=O) groups is 1. The molecule has 0 bridgehead atoms. The minimum atomic E-state index is -3.43. The molecule has 0 radical (unpaired) electrons. The van der Waals surface area contributed by atoms with E-state index in [1.807, 2.05) is 17.5 Å². The van der Waals surface area contributed by atoms with Gasteiger partial charge in [-0.1, -0.05) is 18.6 Å². The number of piperidine rings is 1. The van der Waals surface area contributed by atoms with E-state index >= 15 is 0 Å². The summed E-state index contributed by atoms with van der Waals surface area (Å²) in [6, 6.07) is 7.24. The van der Waals surface area contributed by atoms with Crippen LogP contribution in [0.1, 0.15) is 30.6 Å². The highest BCUT2D eigenvalue weighted by atomic mass is 32.2. The number of carbonyl (C=O) groups excluding carboxylic acids is 1. The summed E-state index contributed by atoms with van der Waals surface area (Å²) in [4.78, 5) is 13.0.